The average Bonchev–Trinajstić information content (AvgIpc) is 2.40. The molecule has 3 nitrogen and oxygen atoms in total. The number of halogens is 2. The topological polar surface area (TPSA) is 34.2 Å². The van der Waals surface area contributed by atoms with Crippen molar-refractivity contribution in [1.82, 2.24) is 10.3 Å². The highest BCUT2D eigenvalue weighted by Crippen LogP contribution is 2.22. The molecule has 0 aliphatic rings. The van der Waals surface area contributed by atoms with Crippen molar-refractivity contribution >= 4 is 31.9 Å². The van der Waals surface area contributed by atoms with E-state index in [1.54, 1.807) is 6.20 Å². The summed E-state index contributed by atoms with van der Waals surface area (Å²) in [6.45, 7) is 1.21. The number of rotatable bonds is 5. The van der Waals surface area contributed by atoms with E-state index < -0.39 is 0 Å². The third-order valence-electron chi connectivity index (χ3n) is 2.58. The molecule has 19 heavy (non-hydrogen) atoms. The Kier molecular flexibility index (Phi) is 5.36. The molecule has 0 spiro atoms. The molecule has 0 saturated carbocycles. The van der Waals surface area contributed by atoms with Crippen LogP contribution < -0.4 is 10.1 Å². The maximum atomic E-state index is 5.81. The summed E-state index contributed by atoms with van der Waals surface area (Å²) in [6, 6.07) is 10.0. The molecule has 1 heterocycles. The quantitative estimate of drug-likeness (QED) is 0.847. The van der Waals surface area contributed by atoms with Gasteiger partial charge in [-0.3, -0.25) is 0 Å². The smallest absolute Gasteiger partial charge is 0.218 e. The molecule has 100 valence electrons. The number of ether oxygens (including phenoxy) is 1. The number of hydrogen-bond donors (Lipinski definition) is 1. The van der Waals surface area contributed by atoms with Gasteiger partial charge in [-0.2, -0.15) is 0 Å². The molecule has 1 aromatic heterocycles. The van der Waals surface area contributed by atoms with Crippen LogP contribution in [0.25, 0.3) is 0 Å². The highest BCUT2D eigenvalue weighted by atomic mass is 79.9. The average molecular weight is 386 g/mol. The predicted octanol–water partition coefficient (Wildman–Crippen LogP) is 3.91. The molecule has 0 saturated heterocycles. The van der Waals surface area contributed by atoms with Gasteiger partial charge < -0.3 is 10.1 Å². The Labute approximate surface area is 129 Å². The fourth-order valence-electron chi connectivity index (χ4n) is 1.68. The van der Waals surface area contributed by atoms with Gasteiger partial charge in [0.05, 0.1) is 0 Å². The van der Waals surface area contributed by atoms with Gasteiger partial charge in [-0.15, -0.1) is 0 Å². The van der Waals surface area contributed by atoms with Crippen molar-refractivity contribution in [2.45, 2.75) is 13.2 Å². The van der Waals surface area contributed by atoms with Crippen LogP contribution in [-0.2, 0) is 13.2 Å². The summed E-state index contributed by atoms with van der Waals surface area (Å²) in [5, 5.41) is 3.11. The molecule has 2 aromatic rings. The second kappa shape index (κ2) is 7.03. The Morgan fingerprint density at radius 3 is 2.74 bits per heavy atom. The molecular weight excluding hydrogens is 372 g/mol. The Hall–Kier alpha value is -0.910. The number of benzene rings is 1. The van der Waals surface area contributed by atoms with Crippen molar-refractivity contribution in [3.8, 4) is 5.88 Å². The zero-order valence-electron chi connectivity index (χ0n) is 10.5. The minimum absolute atomic E-state index is 0.493. The first-order valence-corrected chi connectivity index (χ1v) is 7.44. The standard InChI is InChI=1S/C14H14Br2N2O/c1-17-7-11-6-12(15)8-18-14(11)19-9-10-4-2-3-5-13(10)16/h2-6,8,17H,7,9H2,1H3. The van der Waals surface area contributed by atoms with Gasteiger partial charge in [0.1, 0.15) is 6.61 Å². The molecule has 0 bridgehead atoms. The van der Waals surface area contributed by atoms with Crippen molar-refractivity contribution in [2.75, 3.05) is 7.05 Å². The number of hydrogen-bond acceptors (Lipinski definition) is 3. The maximum absolute atomic E-state index is 5.81. The van der Waals surface area contributed by atoms with Crippen LogP contribution in [0.4, 0.5) is 0 Å². The number of nitrogens with zero attached hydrogens (tertiary/aromatic N) is 1. The van der Waals surface area contributed by atoms with E-state index in [9.17, 15) is 0 Å². The molecule has 0 amide bonds. The molecule has 0 fully saturated rings. The predicted molar refractivity (Wildman–Crippen MR) is 83.2 cm³/mol. The third kappa shape index (κ3) is 4.03. The van der Waals surface area contributed by atoms with Gasteiger partial charge in [0, 0.05) is 32.8 Å². The zero-order valence-corrected chi connectivity index (χ0v) is 13.7. The van der Waals surface area contributed by atoms with E-state index >= 15 is 0 Å². The second-order valence-electron chi connectivity index (χ2n) is 4.03. The summed E-state index contributed by atoms with van der Waals surface area (Å²) >= 11 is 6.93. The van der Waals surface area contributed by atoms with E-state index in [2.05, 4.69) is 42.2 Å². The number of aromatic nitrogens is 1. The molecule has 0 aliphatic heterocycles. The van der Waals surface area contributed by atoms with Gasteiger partial charge in [0.25, 0.3) is 0 Å². The van der Waals surface area contributed by atoms with Gasteiger partial charge in [-0.1, -0.05) is 34.1 Å². The van der Waals surface area contributed by atoms with Crippen LogP contribution >= 0.6 is 31.9 Å². The van der Waals surface area contributed by atoms with Crippen LogP contribution in [0.1, 0.15) is 11.1 Å². The maximum Gasteiger partial charge on any atom is 0.218 e. The fraction of sp³-hybridized carbons (Fsp3) is 0.214. The van der Waals surface area contributed by atoms with Crippen molar-refractivity contribution in [1.29, 1.82) is 0 Å². The Morgan fingerprint density at radius 1 is 1.21 bits per heavy atom. The van der Waals surface area contributed by atoms with E-state index in [1.807, 2.05) is 37.4 Å². The molecule has 2 rings (SSSR count). The van der Waals surface area contributed by atoms with E-state index in [-0.39, 0.29) is 0 Å². The molecular formula is C14H14Br2N2O. The van der Waals surface area contributed by atoms with Crippen molar-refractivity contribution in [3.63, 3.8) is 0 Å². The monoisotopic (exact) mass is 384 g/mol. The molecule has 0 unspecified atom stereocenters. The van der Waals surface area contributed by atoms with Gasteiger partial charge >= 0.3 is 0 Å². The van der Waals surface area contributed by atoms with Crippen LogP contribution in [0.2, 0.25) is 0 Å². The Morgan fingerprint density at radius 2 is 2.00 bits per heavy atom. The fourth-order valence-corrected chi connectivity index (χ4v) is 2.46. The van der Waals surface area contributed by atoms with Crippen molar-refractivity contribution in [2.24, 2.45) is 0 Å². The third-order valence-corrected chi connectivity index (χ3v) is 3.79. The second-order valence-corrected chi connectivity index (χ2v) is 5.80. The first-order chi connectivity index (χ1) is 9.20. The largest absolute Gasteiger partial charge is 0.473 e. The number of pyridine rings is 1. The van der Waals surface area contributed by atoms with Crippen molar-refractivity contribution in [3.05, 3.63) is 56.6 Å². The lowest BCUT2D eigenvalue weighted by atomic mass is 10.2. The first kappa shape index (κ1) is 14.5. The summed E-state index contributed by atoms with van der Waals surface area (Å²) in [5.41, 5.74) is 2.13. The number of nitrogens with one attached hydrogen (secondary N) is 1. The minimum atomic E-state index is 0.493. The molecule has 1 N–H and O–H groups in total. The summed E-state index contributed by atoms with van der Waals surface area (Å²) in [7, 11) is 1.90. The highest BCUT2D eigenvalue weighted by molar-refractivity contribution is 9.10. The first-order valence-electron chi connectivity index (χ1n) is 5.86. The van der Waals surface area contributed by atoms with Crippen LogP contribution in [0.15, 0.2) is 45.5 Å². The summed E-state index contributed by atoms with van der Waals surface area (Å²) < 4.78 is 7.80. The SMILES string of the molecule is CNCc1cc(Br)cnc1OCc1ccccc1Br. The highest BCUT2D eigenvalue weighted by Gasteiger charge is 2.07. The van der Waals surface area contributed by atoms with Crippen LogP contribution in [0.5, 0.6) is 5.88 Å². The van der Waals surface area contributed by atoms with Gasteiger partial charge in [0.2, 0.25) is 5.88 Å². The van der Waals surface area contributed by atoms with Gasteiger partial charge in [-0.05, 0) is 35.1 Å². The lowest BCUT2D eigenvalue weighted by Crippen LogP contribution is -2.09. The molecule has 5 heteroatoms. The van der Waals surface area contributed by atoms with E-state index in [0.717, 1.165) is 26.6 Å². The normalized spacial score (nSPS) is 10.5. The van der Waals surface area contributed by atoms with Crippen LogP contribution in [0.3, 0.4) is 0 Å². The van der Waals surface area contributed by atoms with E-state index in [0.29, 0.717) is 12.5 Å². The van der Waals surface area contributed by atoms with Gasteiger partial charge in [0.15, 0.2) is 0 Å². The van der Waals surface area contributed by atoms with E-state index in [1.165, 1.54) is 0 Å². The minimum Gasteiger partial charge on any atom is -0.473 e. The van der Waals surface area contributed by atoms with Crippen LogP contribution in [0, 0.1) is 0 Å². The van der Waals surface area contributed by atoms with Crippen LogP contribution in [-0.4, -0.2) is 12.0 Å². The summed E-state index contributed by atoms with van der Waals surface area (Å²) in [6.07, 6.45) is 1.74. The molecule has 1 aromatic carbocycles. The lowest BCUT2D eigenvalue weighted by molar-refractivity contribution is 0.289. The zero-order chi connectivity index (χ0) is 13.7. The molecule has 0 radical (unpaired) electrons. The Bertz CT molecular complexity index is 561. The van der Waals surface area contributed by atoms with E-state index in [4.69, 9.17) is 4.74 Å². The Balaban J connectivity index is 2.13. The van der Waals surface area contributed by atoms with Crippen molar-refractivity contribution < 1.29 is 4.74 Å². The summed E-state index contributed by atoms with van der Waals surface area (Å²) in [4.78, 5) is 4.32. The summed E-state index contributed by atoms with van der Waals surface area (Å²) in [5.74, 6) is 0.660. The molecule has 0 atom stereocenters. The lowest BCUT2D eigenvalue weighted by Gasteiger charge is -2.11. The molecule has 0 aliphatic carbocycles. The van der Waals surface area contributed by atoms with Gasteiger partial charge in [-0.25, -0.2) is 4.98 Å².